The summed E-state index contributed by atoms with van der Waals surface area (Å²) in [5.41, 5.74) is 2.59. The van der Waals surface area contributed by atoms with Crippen molar-refractivity contribution in [2.45, 2.75) is 72.1 Å². The number of amides is 1. The lowest BCUT2D eigenvalue weighted by Gasteiger charge is -2.36. The summed E-state index contributed by atoms with van der Waals surface area (Å²) in [6, 6.07) is 0. The molecule has 7 heteroatoms. The van der Waals surface area contributed by atoms with E-state index in [-0.39, 0.29) is 5.91 Å². The lowest BCUT2D eigenvalue weighted by Crippen LogP contribution is -2.51. The fourth-order valence-corrected chi connectivity index (χ4v) is 4.10. The Labute approximate surface area is 158 Å². The third-order valence-electron chi connectivity index (χ3n) is 6.09. The molecule has 0 fully saturated rings. The van der Waals surface area contributed by atoms with Gasteiger partial charge in [-0.3, -0.25) is 4.79 Å². The first kappa shape index (κ1) is 17.8. The van der Waals surface area contributed by atoms with Crippen LogP contribution in [0.5, 0.6) is 11.5 Å². The van der Waals surface area contributed by atoms with Crippen molar-refractivity contribution >= 4 is 5.91 Å². The lowest BCUT2D eigenvalue weighted by molar-refractivity contribution is -0.137. The second kappa shape index (κ2) is 6.25. The topological polar surface area (TPSA) is 89.3 Å². The molecule has 0 saturated heterocycles. The predicted molar refractivity (Wildman–Crippen MR) is 99.9 cm³/mol. The smallest absolute Gasteiger partial charge is 0.264 e. The fraction of sp³-hybridized carbons (Fsp3) is 0.550. The fourth-order valence-electron chi connectivity index (χ4n) is 4.10. The Hall–Kier alpha value is -2.57. The monoisotopic (exact) mass is 370 g/mol. The van der Waals surface area contributed by atoms with Crippen molar-refractivity contribution in [2.75, 3.05) is 0 Å². The summed E-state index contributed by atoms with van der Waals surface area (Å²) in [5.74, 6) is 2.70. The SMILES string of the molecule is Cc1c(C)c2c(c(C)c1O)CCC(C)(C(=O)NCc1nnc3n1CCC3)O2. The molecule has 27 heavy (non-hydrogen) atoms. The van der Waals surface area contributed by atoms with E-state index in [1.165, 1.54) is 0 Å². The summed E-state index contributed by atoms with van der Waals surface area (Å²) in [7, 11) is 0. The van der Waals surface area contributed by atoms with Crippen LogP contribution in [0.2, 0.25) is 0 Å². The van der Waals surface area contributed by atoms with E-state index in [9.17, 15) is 9.90 Å². The average Bonchev–Trinajstić information content (AvgIpc) is 3.26. The predicted octanol–water partition coefficient (Wildman–Crippen LogP) is 2.26. The summed E-state index contributed by atoms with van der Waals surface area (Å²) in [6.45, 7) is 8.80. The maximum Gasteiger partial charge on any atom is 0.264 e. The first-order valence-electron chi connectivity index (χ1n) is 9.51. The van der Waals surface area contributed by atoms with E-state index in [0.717, 1.165) is 59.0 Å². The van der Waals surface area contributed by atoms with E-state index in [2.05, 4.69) is 20.1 Å². The Morgan fingerprint density at radius 1 is 1.22 bits per heavy atom. The Kier molecular flexibility index (Phi) is 4.13. The molecular formula is C20H26N4O3. The molecule has 0 saturated carbocycles. The molecule has 3 heterocycles. The van der Waals surface area contributed by atoms with Gasteiger partial charge in [-0.1, -0.05) is 0 Å². The molecule has 4 rings (SSSR count). The molecule has 0 aliphatic carbocycles. The first-order chi connectivity index (χ1) is 12.8. The third kappa shape index (κ3) is 2.76. The van der Waals surface area contributed by atoms with E-state index in [0.29, 0.717) is 25.1 Å². The number of carbonyl (C=O) groups is 1. The zero-order chi connectivity index (χ0) is 19.3. The summed E-state index contributed by atoms with van der Waals surface area (Å²) in [5, 5.41) is 21.6. The number of fused-ring (bicyclic) bond motifs is 2. The van der Waals surface area contributed by atoms with Crippen molar-refractivity contribution in [1.82, 2.24) is 20.1 Å². The second-order valence-corrected chi connectivity index (χ2v) is 7.83. The number of ether oxygens (including phenoxy) is 1. The number of carbonyl (C=O) groups excluding carboxylic acids is 1. The molecule has 2 aromatic rings. The van der Waals surface area contributed by atoms with E-state index in [4.69, 9.17) is 4.74 Å². The molecule has 0 radical (unpaired) electrons. The zero-order valence-electron chi connectivity index (χ0n) is 16.3. The number of phenolic OH excluding ortho intramolecular Hbond substituents is 1. The normalized spacial score (nSPS) is 20.7. The Morgan fingerprint density at radius 3 is 2.78 bits per heavy atom. The molecular weight excluding hydrogens is 344 g/mol. The van der Waals surface area contributed by atoms with E-state index < -0.39 is 5.60 Å². The number of rotatable bonds is 3. The van der Waals surface area contributed by atoms with Crippen molar-refractivity contribution < 1.29 is 14.6 Å². The second-order valence-electron chi connectivity index (χ2n) is 7.83. The highest BCUT2D eigenvalue weighted by Gasteiger charge is 2.40. The van der Waals surface area contributed by atoms with Gasteiger partial charge in [0, 0.05) is 24.9 Å². The maximum absolute atomic E-state index is 12.9. The van der Waals surface area contributed by atoms with Gasteiger partial charge in [-0.05, 0) is 57.2 Å². The van der Waals surface area contributed by atoms with Crippen LogP contribution < -0.4 is 10.1 Å². The van der Waals surface area contributed by atoms with Crippen LogP contribution in [0.1, 0.15) is 53.7 Å². The quantitative estimate of drug-likeness (QED) is 0.865. The highest BCUT2D eigenvalue weighted by atomic mass is 16.5. The molecule has 2 N–H and O–H groups in total. The van der Waals surface area contributed by atoms with E-state index in [1.54, 1.807) is 0 Å². The van der Waals surface area contributed by atoms with Gasteiger partial charge >= 0.3 is 0 Å². The van der Waals surface area contributed by atoms with E-state index >= 15 is 0 Å². The van der Waals surface area contributed by atoms with Gasteiger partial charge in [-0.2, -0.15) is 0 Å². The minimum atomic E-state index is -0.943. The maximum atomic E-state index is 12.9. The number of hydrogen-bond acceptors (Lipinski definition) is 5. The molecule has 0 spiro atoms. The van der Waals surface area contributed by atoms with Crippen molar-refractivity contribution in [3.05, 3.63) is 33.9 Å². The first-order valence-corrected chi connectivity index (χ1v) is 9.51. The summed E-state index contributed by atoms with van der Waals surface area (Å²) >= 11 is 0. The summed E-state index contributed by atoms with van der Waals surface area (Å²) < 4.78 is 8.31. The average molecular weight is 370 g/mol. The Bertz CT molecular complexity index is 934. The highest BCUT2D eigenvalue weighted by Crippen LogP contribution is 2.43. The van der Waals surface area contributed by atoms with Crippen LogP contribution >= 0.6 is 0 Å². The number of aromatic hydroxyl groups is 1. The van der Waals surface area contributed by atoms with Crippen molar-refractivity contribution in [2.24, 2.45) is 0 Å². The van der Waals surface area contributed by atoms with Crippen molar-refractivity contribution in [3.63, 3.8) is 0 Å². The van der Waals surface area contributed by atoms with Crippen molar-refractivity contribution in [3.8, 4) is 11.5 Å². The van der Waals surface area contributed by atoms with Gasteiger partial charge in [-0.25, -0.2) is 0 Å². The molecule has 1 amide bonds. The highest BCUT2D eigenvalue weighted by molar-refractivity contribution is 5.85. The molecule has 144 valence electrons. The number of nitrogens with one attached hydrogen (secondary N) is 1. The molecule has 1 unspecified atom stereocenters. The molecule has 1 aromatic heterocycles. The molecule has 0 bridgehead atoms. The van der Waals surface area contributed by atoms with Crippen molar-refractivity contribution in [1.29, 1.82) is 0 Å². The van der Waals surface area contributed by atoms with Crippen LogP contribution in [0.3, 0.4) is 0 Å². The summed E-state index contributed by atoms with van der Waals surface area (Å²) in [4.78, 5) is 12.9. The summed E-state index contributed by atoms with van der Waals surface area (Å²) in [6.07, 6.45) is 3.28. The number of aryl methyl sites for hydroxylation is 1. The van der Waals surface area contributed by atoms with Crippen LogP contribution in [-0.2, 0) is 30.7 Å². The Morgan fingerprint density at radius 2 is 2.00 bits per heavy atom. The van der Waals surface area contributed by atoms with Crippen LogP contribution in [-0.4, -0.2) is 31.4 Å². The number of phenols is 1. The molecule has 2 aliphatic heterocycles. The minimum absolute atomic E-state index is 0.147. The molecule has 2 aliphatic rings. The molecule has 7 nitrogen and oxygen atoms in total. The molecule has 1 aromatic carbocycles. The third-order valence-corrected chi connectivity index (χ3v) is 6.09. The van der Waals surface area contributed by atoms with Gasteiger partial charge in [0.1, 0.15) is 17.3 Å². The van der Waals surface area contributed by atoms with Gasteiger partial charge in [0.2, 0.25) is 0 Å². The molecule has 1 atom stereocenters. The van der Waals surface area contributed by atoms with E-state index in [1.807, 2.05) is 27.7 Å². The minimum Gasteiger partial charge on any atom is -0.507 e. The number of hydrogen-bond donors (Lipinski definition) is 2. The number of benzene rings is 1. The van der Waals surface area contributed by atoms with Gasteiger partial charge < -0.3 is 19.7 Å². The van der Waals surface area contributed by atoms with Gasteiger partial charge in [0.05, 0.1) is 6.54 Å². The van der Waals surface area contributed by atoms with Crippen LogP contribution in [0.4, 0.5) is 0 Å². The number of nitrogens with zero attached hydrogens (tertiary/aromatic N) is 3. The van der Waals surface area contributed by atoms with Gasteiger partial charge in [-0.15, -0.1) is 10.2 Å². The van der Waals surface area contributed by atoms with Crippen LogP contribution in [0.15, 0.2) is 0 Å². The van der Waals surface area contributed by atoms with Gasteiger partial charge in [0.15, 0.2) is 11.4 Å². The zero-order valence-corrected chi connectivity index (χ0v) is 16.3. The number of aromatic nitrogens is 3. The Balaban J connectivity index is 1.53. The van der Waals surface area contributed by atoms with Crippen LogP contribution in [0, 0.1) is 20.8 Å². The largest absolute Gasteiger partial charge is 0.507 e. The van der Waals surface area contributed by atoms with Crippen LogP contribution in [0.25, 0.3) is 0 Å². The van der Waals surface area contributed by atoms with Gasteiger partial charge in [0.25, 0.3) is 5.91 Å². The lowest BCUT2D eigenvalue weighted by atomic mass is 9.86. The standard InChI is InChI=1S/C20H26N4O3/c1-11-12(2)18-14(13(3)17(11)25)7-8-20(4,27-18)19(26)21-10-16-23-22-15-6-5-9-24(15)16/h25H,5-10H2,1-4H3,(H,21,26).